The summed E-state index contributed by atoms with van der Waals surface area (Å²) in [5, 5.41) is -0.336. The van der Waals surface area contributed by atoms with E-state index in [-0.39, 0.29) is 11.0 Å². The summed E-state index contributed by atoms with van der Waals surface area (Å²) in [5.74, 6) is 0. The van der Waals surface area contributed by atoms with Gasteiger partial charge in [0.25, 0.3) is 0 Å². The second kappa shape index (κ2) is 7.78. The molecular weight excluding hydrogens is 379 g/mol. The molecule has 0 unspecified atom stereocenters. The van der Waals surface area contributed by atoms with Crippen LogP contribution in [0.15, 0.2) is 46.9 Å². The topological polar surface area (TPSA) is 32.5 Å². The van der Waals surface area contributed by atoms with E-state index in [4.69, 9.17) is 16.0 Å². The van der Waals surface area contributed by atoms with Crippen LogP contribution >= 0.6 is 11.6 Å². The Morgan fingerprint density at radius 3 is 2.48 bits per heavy atom. The van der Waals surface area contributed by atoms with Crippen LogP contribution in [0.3, 0.4) is 0 Å². The van der Waals surface area contributed by atoms with Gasteiger partial charge in [0.05, 0.1) is 10.6 Å². The van der Waals surface area contributed by atoms with E-state index >= 15 is 0 Å². The van der Waals surface area contributed by atoms with Crippen molar-refractivity contribution < 1.29 is 17.6 Å². The molecule has 0 N–H and O–H groups in total. The van der Waals surface area contributed by atoms with Crippen molar-refractivity contribution in [1.82, 2.24) is 9.88 Å². The van der Waals surface area contributed by atoms with Crippen molar-refractivity contribution in [3.63, 3.8) is 0 Å². The minimum atomic E-state index is -4.54. The van der Waals surface area contributed by atoms with E-state index in [1.807, 2.05) is 31.1 Å². The van der Waals surface area contributed by atoms with Crippen molar-refractivity contribution in [3.8, 4) is 0 Å². The Labute approximate surface area is 160 Å². The first kappa shape index (κ1) is 19.5. The number of benzene rings is 2. The molecule has 0 saturated heterocycles. The van der Waals surface area contributed by atoms with Crippen molar-refractivity contribution >= 4 is 34.4 Å². The van der Waals surface area contributed by atoms with Crippen molar-refractivity contribution in [2.45, 2.75) is 12.6 Å². The highest BCUT2D eigenvalue weighted by Crippen LogP contribution is 2.38. The van der Waals surface area contributed by atoms with Crippen LogP contribution in [0.2, 0.25) is 5.02 Å². The fraction of sp³-hybridized carbons (Fsp3) is 0.316. The fourth-order valence-electron chi connectivity index (χ4n) is 2.75. The van der Waals surface area contributed by atoms with E-state index in [1.165, 1.54) is 6.07 Å². The second-order valence-electron chi connectivity index (χ2n) is 6.43. The predicted molar refractivity (Wildman–Crippen MR) is 101 cm³/mol. The predicted octanol–water partition coefficient (Wildman–Crippen LogP) is 5.59. The maximum absolute atomic E-state index is 13.3. The lowest BCUT2D eigenvalue weighted by atomic mass is 10.1. The Balaban J connectivity index is 2.01. The summed E-state index contributed by atoms with van der Waals surface area (Å²) in [7, 11) is 3.88. The summed E-state index contributed by atoms with van der Waals surface area (Å²) in [6.07, 6.45) is -3.82. The number of hydrogen-bond donors (Lipinski definition) is 0. The van der Waals surface area contributed by atoms with Gasteiger partial charge >= 0.3 is 12.2 Å². The van der Waals surface area contributed by atoms with Gasteiger partial charge in [-0.1, -0.05) is 23.7 Å². The molecule has 0 aliphatic rings. The number of halogens is 4. The molecular formula is C19H19ClF3N3O. The molecule has 144 valence electrons. The standard InChI is InChI=1S/C19H19ClF3N3O/c1-25(2)10-5-11-26(18-24-16-6-3-4-7-17(16)27-18)13-8-9-15(20)14(12-13)19(21,22)23/h3-4,6-9,12H,5,10-11H2,1-2H3. The molecule has 0 fully saturated rings. The third-order valence-corrected chi connectivity index (χ3v) is 4.40. The number of nitrogens with zero attached hydrogens (tertiary/aromatic N) is 3. The maximum Gasteiger partial charge on any atom is 0.417 e. The lowest BCUT2D eigenvalue weighted by Gasteiger charge is -2.23. The highest BCUT2D eigenvalue weighted by Gasteiger charge is 2.34. The van der Waals surface area contributed by atoms with Gasteiger partial charge in [-0.05, 0) is 57.4 Å². The molecule has 1 heterocycles. The van der Waals surface area contributed by atoms with Crippen LogP contribution < -0.4 is 4.90 Å². The summed E-state index contributed by atoms with van der Waals surface area (Å²) >= 11 is 5.76. The first-order valence-electron chi connectivity index (χ1n) is 8.40. The minimum Gasteiger partial charge on any atom is -0.423 e. The molecule has 0 saturated carbocycles. The van der Waals surface area contributed by atoms with Crippen molar-refractivity contribution in [2.75, 3.05) is 32.1 Å². The maximum atomic E-state index is 13.3. The zero-order chi connectivity index (χ0) is 19.6. The highest BCUT2D eigenvalue weighted by atomic mass is 35.5. The average Bonchev–Trinajstić information content (AvgIpc) is 3.02. The van der Waals surface area contributed by atoms with Gasteiger partial charge < -0.3 is 9.32 Å². The number of oxazole rings is 1. The lowest BCUT2D eigenvalue weighted by molar-refractivity contribution is -0.137. The molecule has 0 atom stereocenters. The number of aromatic nitrogens is 1. The van der Waals surface area contributed by atoms with Gasteiger partial charge in [0.2, 0.25) is 0 Å². The normalized spacial score (nSPS) is 12.1. The number of fused-ring (bicyclic) bond motifs is 1. The van der Waals surface area contributed by atoms with Gasteiger partial charge in [-0.15, -0.1) is 0 Å². The second-order valence-corrected chi connectivity index (χ2v) is 6.84. The van der Waals surface area contributed by atoms with Gasteiger partial charge in [0, 0.05) is 12.2 Å². The number of hydrogen-bond acceptors (Lipinski definition) is 4. The SMILES string of the molecule is CN(C)CCCN(c1ccc(Cl)c(C(F)(F)F)c1)c1nc2ccccc2o1. The number of para-hydroxylation sites is 2. The van der Waals surface area contributed by atoms with Crippen LogP contribution in [0.4, 0.5) is 24.9 Å². The third kappa shape index (κ3) is 4.54. The zero-order valence-electron chi connectivity index (χ0n) is 14.9. The van der Waals surface area contributed by atoms with Crippen molar-refractivity contribution in [3.05, 3.63) is 53.1 Å². The van der Waals surface area contributed by atoms with Crippen LogP contribution in [0, 0.1) is 0 Å². The Morgan fingerprint density at radius 1 is 1.07 bits per heavy atom. The molecule has 3 rings (SSSR count). The molecule has 0 aliphatic heterocycles. The largest absolute Gasteiger partial charge is 0.423 e. The molecule has 3 aromatic rings. The molecule has 8 heteroatoms. The van der Waals surface area contributed by atoms with Gasteiger partial charge in [0.1, 0.15) is 5.52 Å². The fourth-order valence-corrected chi connectivity index (χ4v) is 2.98. The molecule has 0 amide bonds. The Bertz CT molecular complexity index is 891. The summed E-state index contributed by atoms with van der Waals surface area (Å²) in [4.78, 5) is 8.09. The summed E-state index contributed by atoms with van der Waals surface area (Å²) in [5.41, 5.74) is 0.678. The molecule has 1 aromatic heterocycles. The minimum absolute atomic E-state index is 0.255. The van der Waals surface area contributed by atoms with E-state index in [9.17, 15) is 13.2 Å². The average molecular weight is 398 g/mol. The molecule has 0 radical (unpaired) electrons. The van der Waals surface area contributed by atoms with E-state index in [0.717, 1.165) is 19.0 Å². The molecule has 2 aromatic carbocycles. The Kier molecular flexibility index (Phi) is 5.62. The number of alkyl halides is 3. The third-order valence-electron chi connectivity index (χ3n) is 4.07. The van der Waals surface area contributed by atoms with Crippen LogP contribution in [-0.4, -0.2) is 37.1 Å². The summed E-state index contributed by atoms with van der Waals surface area (Å²) in [6.45, 7) is 1.22. The van der Waals surface area contributed by atoms with Gasteiger partial charge in [-0.3, -0.25) is 4.90 Å². The van der Waals surface area contributed by atoms with E-state index in [1.54, 1.807) is 23.1 Å². The van der Waals surface area contributed by atoms with Crippen LogP contribution in [-0.2, 0) is 6.18 Å². The van der Waals surface area contributed by atoms with E-state index in [2.05, 4.69) is 4.98 Å². The van der Waals surface area contributed by atoms with Crippen LogP contribution in [0.5, 0.6) is 0 Å². The quantitative estimate of drug-likeness (QED) is 0.542. The number of anilines is 2. The molecule has 27 heavy (non-hydrogen) atoms. The zero-order valence-corrected chi connectivity index (χ0v) is 15.7. The van der Waals surface area contributed by atoms with E-state index in [0.29, 0.717) is 23.3 Å². The smallest absolute Gasteiger partial charge is 0.417 e. The van der Waals surface area contributed by atoms with Crippen molar-refractivity contribution in [2.24, 2.45) is 0 Å². The van der Waals surface area contributed by atoms with Crippen LogP contribution in [0.1, 0.15) is 12.0 Å². The molecule has 4 nitrogen and oxygen atoms in total. The Morgan fingerprint density at radius 2 is 1.81 bits per heavy atom. The molecule has 0 aliphatic carbocycles. The Hall–Kier alpha value is -2.25. The van der Waals surface area contributed by atoms with Gasteiger partial charge in [0.15, 0.2) is 5.58 Å². The monoisotopic (exact) mass is 397 g/mol. The molecule has 0 spiro atoms. The highest BCUT2D eigenvalue weighted by molar-refractivity contribution is 6.31. The van der Waals surface area contributed by atoms with Gasteiger partial charge in [-0.25, -0.2) is 0 Å². The summed E-state index contributed by atoms with van der Waals surface area (Å²) < 4.78 is 45.6. The number of rotatable bonds is 6. The van der Waals surface area contributed by atoms with Crippen molar-refractivity contribution in [1.29, 1.82) is 0 Å². The van der Waals surface area contributed by atoms with Crippen LogP contribution in [0.25, 0.3) is 11.1 Å². The van der Waals surface area contributed by atoms with E-state index < -0.39 is 11.7 Å². The first-order chi connectivity index (χ1) is 12.8. The lowest BCUT2D eigenvalue weighted by Crippen LogP contribution is -2.23. The first-order valence-corrected chi connectivity index (χ1v) is 8.78. The summed E-state index contributed by atoms with van der Waals surface area (Å²) in [6, 6.07) is 11.3. The van der Waals surface area contributed by atoms with Gasteiger partial charge in [-0.2, -0.15) is 18.2 Å². The molecule has 0 bridgehead atoms.